The van der Waals surface area contributed by atoms with Gasteiger partial charge in [-0.05, 0) is 73.2 Å². The number of carbonyl (C=O) groups excluding carboxylic acids is 2. The summed E-state index contributed by atoms with van der Waals surface area (Å²) in [5.41, 5.74) is 5.44. The van der Waals surface area contributed by atoms with Gasteiger partial charge in [0.2, 0.25) is 15.9 Å². The Morgan fingerprint density at radius 3 is 2.52 bits per heavy atom. The van der Waals surface area contributed by atoms with Crippen LogP contribution in [0.2, 0.25) is 5.02 Å². The number of fused-ring (bicyclic) bond motifs is 2. The Morgan fingerprint density at radius 1 is 1.05 bits per heavy atom. The summed E-state index contributed by atoms with van der Waals surface area (Å²) in [6.45, 7) is 4.12. The Hall–Kier alpha value is -4.02. The van der Waals surface area contributed by atoms with Crippen LogP contribution in [0.3, 0.4) is 0 Å². The van der Waals surface area contributed by atoms with Gasteiger partial charge in [0.05, 0.1) is 12.4 Å². The molecule has 0 bridgehead atoms. The Labute approximate surface area is 250 Å². The zero-order valence-electron chi connectivity index (χ0n) is 23.4. The molecular weight excluding hydrogens is 576 g/mol. The van der Waals surface area contributed by atoms with Crippen molar-refractivity contribution in [3.8, 4) is 5.75 Å². The molecular formula is C31H33ClN4O5S. The molecule has 0 spiro atoms. The number of rotatable bonds is 11. The summed E-state index contributed by atoms with van der Waals surface area (Å²) >= 11 is 6.25. The van der Waals surface area contributed by atoms with E-state index in [4.69, 9.17) is 16.3 Å². The van der Waals surface area contributed by atoms with Crippen LogP contribution in [0.5, 0.6) is 5.75 Å². The van der Waals surface area contributed by atoms with Crippen LogP contribution in [-0.4, -0.2) is 50.2 Å². The smallest absolute Gasteiger partial charge is 0.281 e. The maximum atomic E-state index is 13.2. The minimum absolute atomic E-state index is 0.128. The predicted molar refractivity (Wildman–Crippen MR) is 165 cm³/mol. The van der Waals surface area contributed by atoms with Crippen molar-refractivity contribution < 1.29 is 22.7 Å². The lowest BCUT2D eigenvalue weighted by molar-refractivity contribution is -0.121. The lowest BCUT2D eigenvalue weighted by Crippen LogP contribution is -2.42. The summed E-state index contributed by atoms with van der Waals surface area (Å²) in [6.07, 6.45) is 1.62. The van der Waals surface area contributed by atoms with Gasteiger partial charge in [-0.1, -0.05) is 48.0 Å². The summed E-state index contributed by atoms with van der Waals surface area (Å²) in [6, 6.07) is 18.4. The van der Waals surface area contributed by atoms with E-state index in [-0.39, 0.29) is 18.1 Å². The lowest BCUT2D eigenvalue weighted by Gasteiger charge is -2.13. The molecule has 11 heteroatoms. The van der Waals surface area contributed by atoms with Crippen molar-refractivity contribution in [1.29, 1.82) is 0 Å². The zero-order chi connectivity index (χ0) is 29.9. The third-order valence-corrected chi connectivity index (χ3v) is 9.13. The maximum Gasteiger partial charge on any atom is 0.281 e. The fourth-order valence-electron chi connectivity index (χ4n) is 5.21. The summed E-state index contributed by atoms with van der Waals surface area (Å²) in [5.74, 6) is -0.757. The van der Waals surface area contributed by atoms with Gasteiger partial charge in [0.25, 0.3) is 5.91 Å². The number of H-pyrrole nitrogens is 1. The van der Waals surface area contributed by atoms with Crippen molar-refractivity contribution in [1.82, 2.24) is 15.0 Å². The highest BCUT2D eigenvalue weighted by molar-refractivity contribution is 7.90. The minimum Gasteiger partial charge on any atom is -0.494 e. The lowest BCUT2D eigenvalue weighted by atomic mass is 10.1. The van der Waals surface area contributed by atoms with E-state index in [0.717, 1.165) is 39.0 Å². The van der Waals surface area contributed by atoms with Gasteiger partial charge in [-0.15, -0.1) is 0 Å². The molecule has 0 saturated heterocycles. The number of nitrogens with one attached hydrogen (secondary N) is 4. The standard InChI is InChI=1S/C31H33ClN4O5S/c1-19-16-22(17-20(2)28(19)32)41-14-7-10-24-23-9-4-6-12-26(23)35-29(24)31(38)36-42(39,40)15-13-33-30(37)27-18-21-8-3-5-11-25(21)34-27/h3-6,8-9,11-12,16-17,27,34-35H,7,10,13-15,18H2,1-2H3,(H,33,37)(H,36,38)/t27-/m0/s1. The Bertz CT molecular complexity index is 1700. The van der Waals surface area contributed by atoms with E-state index >= 15 is 0 Å². The Kier molecular flexibility index (Phi) is 8.74. The molecule has 0 saturated carbocycles. The first-order valence-corrected chi connectivity index (χ1v) is 15.8. The molecule has 5 rings (SSSR count). The van der Waals surface area contributed by atoms with E-state index in [0.29, 0.717) is 36.5 Å². The number of carbonyl (C=O) groups is 2. The van der Waals surface area contributed by atoms with Gasteiger partial charge in [0, 0.05) is 34.6 Å². The number of halogens is 1. The fourth-order valence-corrected chi connectivity index (χ4v) is 6.18. The number of ether oxygens (including phenoxy) is 1. The second-order valence-electron chi connectivity index (χ2n) is 10.4. The molecule has 4 N–H and O–H groups in total. The number of para-hydroxylation sites is 2. The number of hydrogen-bond donors (Lipinski definition) is 4. The van der Waals surface area contributed by atoms with Crippen LogP contribution in [0.15, 0.2) is 60.7 Å². The van der Waals surface area contributed by atoms with Gasteiger partial charge in [-0.25, -0.2) is 13.1 Å². The Morgan fingerprint density at radius 2 is 1.76 bits per heavy atom. The molecule has 9 nitrogen and oxygen atoms in total. The molecule has 3 aromatic carbocycles. The second kappa shape index (κ2) is 12.5. The van der Waals surface area contributed by atoms with Gasteiger partial charge in [-0.3, -0.25) is 9.59 Å². The van der Waals surface area contributed by atoms with Crippen LogP contribution in [0.25, 0.3) is 10.9 Å². The van der Waals surface area contributed by atoms with Gasteiger partial charge < -0.3 is 20.4 Å². The summed E-state index contributed by atoms with van der Waals surface area (Å²) in [5, 5.41) is 7.36. The van der Waals surface area contributed by atoms with Crippen molar-refractivity contribution in [2.45, 2.75) is 39.2 Å². The van der Waals surface area contributed by atoms with Crippen molar-refractivity contribution in [2.75, 3.05) is 24.2 Å². The third kappa shape index (κ3) is 6.71. The van der Waals surface area contributed by atoms with Gasteiger partial charge in [-0.2, -0.15) is 0 Å². The number of aromatic amines is 1. The molecule has 4 aromatic rings. The summed E-state index contributed by atoms with van der Waals surface area (Å²) < 4.78 is 33.6. The number of aryl methyl sites for hydroxylation is 3. The molecule has 0 radical (unpaired) electrons. The zero-order valence-corrected chi connectivity index (χ0v) is 25.0. The summed E-state index contributed by atoms with van der Waals surface area (Å²) in [4.78, 5) is 28.8. The topological polar surface area (TPSA) is 129 Å². The average molecular weight is 609 g/mol. The minimum atomic E-state index is -4.02. The van der Waals surface area contributed by atoms with Crippen LogP contribution in [-0.2, 0) is 27.7 Å². The molecule has 1 atom stereocenters. The Balaban J connectivity index is 1.18. The van der Waals surface area contributed by atoms with E-state index in [9.17, 15) is 18.0 Å². The predicted octanol–water partition coefficient (Wildman–Crippen LogP) is 4.66. The first-order valence-electron chi connectivity index (χ1n) is 13.8. The molecule has 0 fully saturated rings. The first kappa shape index (κ1) is 29.5. The molecule has 0 aliphatic carbocycles. The molecule has 42 heavy (non-hydrogen) atoms. The number of amides is 2. The molecule has 1 aromatic heterocycles. The number of hydrogen-bond acceptors (Lipinski definition) is 6. The molecule has 1 aliphatic rings. The normalized spacial score (nSPS) is 14.3. The SMILES string of the molecule is Cc1cc(OCCCc2c(C(=O)NS(=O)(=O)CCNC(=O)[C@@H]3Cc4ccccc4N3)[nH]c3ccccc23)cc(C)c1Cl. The van der Waals surface area contributed by atoms with Crippen LogP contribution < -0.4 is 20.1 Å². The van der Waals surface area contributed by atoms with Gasteiger partial charge in [0.1, 0.15) is 17.5 Å². The van der Waals surface area contributed by atoms with Gasteiger partial charge >= 0.3 is 0 Å². The highest BCUT2D eigenvalue weighted by atomic mass is 35.5. The quantitative estimate of drug-likeness (QED) is 0.183. The van der Waals surface area contributed by atoms with Gasteiger partial charge in [0.15, 0.2) is 0 Å². The van der Waals surface area contributed by atoms with Crippen LogP contribution in [0.1, 0.15) is 39.2 Å². The van der Waals surface area contributed by atoms with E-state index in [1.807, 2.05) is 74.5 Å². The summed E-state index contributed by atoms with van der Waals surface area (Å²) in [7, 11) is -4.02. The molecule has 220 valence electrons. The first-order chi connectivity index (χ1) is 20.1. The number of anilines is 1. The second-order valence-corrected chi connectivity index (χ2v) is 12.7. The van der Waals surface area contributed by atoms with Crippen molar-refractivity contribution in [3.63, 3.8) is 0 Å². The van der Waals surface area contributed by atoms with E-state index in [1.54, 1.807) is 0 Å². The molecule has 2 heterocycles. The van der Waals surface area contributed by atoms with E-state index < -0.39 is 27.7 Å². The number of sulfonamides is 1. The van der Waals surface area contributed by atoms with Crippen molar-refractivity contribution >= 4 is 50.0 Å². The largest absolute Gasteiger partial charge is 0.494 e. The maximum absolute atomic E-state index is 13.2. The monoisotopic (exact) mass is 608 g/mol. The number of aromatic nitrogens is 1. The molecule has 0 unspecified atom stereocenters. The average Bonchev–Trinajstić information content (AvgIpc) is 3.56. The van der Waals surface area contributed by atoms with Crippen LogP contribution in [0, 0.1) is 13.8 Å². The third-order valence-electron chi connectivity index (χ3n) is 7.30. The van der Waals surface area contributed by atoms with Crippen molar-refractivity contribution in [2.24, 2.45) is 0 Å². The highest BCUT2D eigenvalue weighted by Crippen LogP contribution is 2.28. The van der Waals surface area contributed by atoms with Crippen LogP contribution in [0.4, 0.5) is 5.69 Å². The van der Waals surface area contributed by atoms with E-state index in [1.165, 1.54) is 0 Å². The molecule has 1 aliphatic heterocycles. The highest BCUT2D eigenvalue weighted by Gasteiger charge is 2.27. The van der Waals surface area contributed by atoms with Crippen molar-refractivity contribution in [3.05, 3.63) is 93.6 Å². The van der Waals surface area contributed by atoms with Crippen LogP contribution >= 0.6 is 11.6 Å². The fraction of sp³-hybridized carbons (Fsp3) is 0.290. The number of benzene rings is 3. The molecule has 2 amide bonds. The van der Waals surface area contributed by atoms with E-state index in [2.05, 4.69) is 20.3 Å².